The summed E-state index contributed by atoms with van der Waals surface area (Å²) in [5.74, 6) is -0.151. The van der Waals surface area contributed by atoms with Gasteiger partial charge in [0.15, 0.2) is 0 Å². The van der Waals surface area contributed by atoms with Crippen LogP contribution in [0.5, 0.6) is 0 Å². The number of hydrogen-bond donors (Lipinski definition) is 1. The molecule has 0 atom stereocenters. The lowest BCUT2D eigenvalue weighted by Crippen LogP contribution is -2.08. The molecule has 0 unspecified atom stereocenters. The normalized spacial score (nSPS) is 10.6. The number of aryl methyl sites for hydroxylation is 1. The summed E-state index contributed by atoms with van der Waals surface area (Å²) in [6.45, 7) is 2.60. The fraction of sp³-hybridized carbons (Fsp3) is 0.200. The minimum Gasteiger partial charge on any atom is -0.316 e. The van der Waals surface area contributed by atoms with Crippen molar-refractivity contribution in [2.75, 3.05) is 7.05 Å². The molecule has 0 aliphatic heterocycles. The van der Waals surface area contributed by atoms with Crippen LogP contribution in [0.4, 0.5) is 4.39 Å². The number of halogens is 1. The molecule has 1 N–H and O–H groups in total. The standard InChI is InChI=1S/C15H16FNS/c1-11-6-8-12(9-7-11)18-15-5-3-4-14(16)13(15)10-17-2/h3-9,17H,10H2,1-2H3. The Kier molecular flexibility index (Phi) is 4.39. The molecule has 0 saturated carbocycles. The molecular formula is C15H16FNS. The van der Waals surface area contributed by atoms with E-state index in [-0.39, 0.29) is 5.82 Å². The Morgan fingerprint density at radius 3 is 2.50 bits per heavy atom. The van der Waals surface area contributed by atoms with Crippen LogP contribution in [-0.4, -0.2) is 7.05 Å². The van der Waals surface area contributed by atoms with E-state index >= 15 is 0 Å². The third kappa shape index (κ3) is 3.12. The molecule has 3 heteroatoms. The second-order valence-corrected chi connectivity index (χ2v) is 5.28. The molecule has 0 aliphatic carbocycles. The largest absolute Gasteiger partial charge is 0.316 e. The quantitative estimate of drug-likeness (QED) is 0.892. The Hall–Kier alpha value is -1.32. The van der Waals surface area contributed by atoms with E-state index in [1.165, 1.54) is 11.6 Å². The van der Waals surface area contributed by atoms with Gasteiger partial charge in [0.25, 0.3) is 0 Å². The molecule has 2 aromatic carbocycles. The molecule has 0 fully saturated rings. The van der Waals surface area contributed by atoms with Crippen LogP contribution in [0.3, 0.4) is 0 Å². The number of rotatable bonds is 4. The zero-order valence-corrected chi connectivity index (χ0v) is 11.4. The van der Waals surface area contributed by atoms with E-state index in [2.05, 4.69) is 36.5 Å². The van der Waals surface area contributed by atoms with Crippen LogP contribution in [-0.2, 0) is 6.54 Å². The van der Waals surface area contributed by atoms with E-state index < -0.39 is 0 Å². The first-order chi connectivity index (χ1) is 8.70. The Labute approximate surface area is 111 Å². The van der Waals surface area contributed by atoms with Gasteiger partial charge in [-0.1, -0.05) is 35.5 Å². The average Bonchev–Trinajstić information content (AvgIpc) is 2.36. The molecule has 0 bridgehead atoms. The lowest BCUT2D eigenvalue weighted by Gasteiger charge is -2.10. The summed E-state index contributed by atoms with van der Waals surface area (Å²) in [6.07, 6.45) is 0. The predicted molar refractivity (Wildman–Crippen MR) is 74.5 cm³/mol. The van der Waals surface area contributed by atoms with Crippen molar-refractivity contribution in [3.63, 3.8) is 0 Å². The second kappa shape index (κ2) is 6.03. The number of benzene rings is 2. The maximum Gasteiger partial charge on any atom is 0.128 e. The van der Waals surface area contributed by atoms with Crippen molar-refractivity contribution in [3.05, 3.63) is 59.4 Å². The van der Waals surface area contributed by atoms with E-state index in [1.807, 2.05) is 13.1 Å². The van der Waals surface area contributed by atoms with Crippen LogP contribution >= 0.6 is 11.8 Å². The average molecular weight is 261 g/mol. The van der Waals surface area contributed by atoms with E-state index in [9.17, 15) is 4.39 Å². The van der Waals surface area contributed by atoms with E-state index in [0.29, 0.717) is 6.54 Å². The molecule has 2 aromatic rings. The first-order valence-electron chi connectivity index (χ1n) is 5.87. The summed E-state index contributed by atoms with van der Waals surface area (Å²) in [5, 5.41) is 3.01. The van der Waals surface area contributed by atoms with Crippen LogP contribution in [0.2, 0.25) is 0 Å². The molecule has 0 amide bonds. The Morgan fingerprint density at radius 1 is 1.11 bits per heavy atom. The third-order valence-electron chi connectivity index (χ3n) is 2.68. The molecular weight excluding hydrogens is 245 g/mol. The van der Waals surface area contributed by atoms with Gasteiger partial charge in [-0.25, -0.2) is 4.39 Å². The van der Waals surface area contributed by atoms with Gasteiger partial charge >= 0.3 is 0 Å². The monoisotopic (exact) mass is 261 g/mol. The summed E-state index contributed by atoms with van der Waals surface area (Å²) in [7, 11) is 1.83. The molecule has 0 spiro atoms. The maximum atomic E-state index is 13.8. The van der Waals surface area contributed by atoms with Gasteiger partial charge < -0.3 is 5.32 Å². The zero-order chi connectivity index (χ0) is 13.0. The molecule has 18 heavy (non-hydrogen) atoms. The van der Waals surface area contributed by atoms with Crippen molar-refractivity contribution in [1.82, 2.24) is 5.32 Å². The van der Waals surface area contributed by atoms with Crippen LogP contribution in [0.1, 0.15) is 11.1 Å². The SMILES string of the molecule is CNCc1c(F)cccc1Sc1ccc(C)cc1. The van der Waals surface area contributed by atoms with E-state index in [0.717, 1.165) is 15.4 Å². The smallest absolute Gasteiger partial charge is 0.128 e. The molecule has 0 aliphatic rings. The van der Waals surface area contributed by atoms with Crippen LogP contribution < -0.4 is 5.32 Å². The Morgan fingerprint density at radius 2 is 1.83 bits per heavy atom. The fourth-order valence-corrected chi connectivity index (χ4v) is 2.68. The summed E-state index contributed by atoms with van der Waals surface area (Å²) < 4.78 is 13.8. The van der Waals surface area contributed by atoms with Crippen molar-refractivity contribution >= 4 is 11.8 Å². The molecule has 1 nitrogen and oxygen atoms in total. The highest BCUT2D eigenvalue weighted by Crippen LogP contribution is 2.31. The summed E-state index contributed by atoms with van der Waals surface area (Å²) >= 11 is 1.60. The Balaban J connectivity index is 2.28. The van der Waals surface area contributed by atoms with Crippen LogP contribution in [0.15, 0.2) is 52.3 Å². The van der Waals surface area contributed by atoms with Gasteiger partial charge in [0, 0.05) is 21.9 Å². The van der Waals surface area contributed by atoms with Gasteiger partial charge in [-0.3, -0.25) is 0 Å². The highest BCUT2D eigenvalue weighted by molar-refractivity contribution is 7.99. The van der Waals surface area contributed by atoms with Gasteiger partial charge in [-0.15, -0.1) is 0 Å². The third-order valence-corrected chi connectivity index (χ3v) is 3.79. The zero-order valence-electron chi connectivity index (χ0n) is 10.5. The number of nitrogens with one attached hydrogen (secondary N) is 1. The van der Waals surface area contributed by atoms with Gasteiger partial charge in [-0.2, -0.15) is 0 Å². The van der Waals surface area contributed by atoms with Crippen molar-refractivity contribution in [2.45, 2.75) is 23.3 Å². The van der Waals surface area contributed by atoms with Crippen molar-refractivity contribution in [1.29, 1.82) is 0 Å². The molecule has 2 rings (SSSR count). The highest BCUT2D eigenvalue weighted by atomic mass is 32.2. The Bertz CT molecular complexity index is 523. The first kappa shape index (κ1) is 13.1. The second-order valence-electron chi connectivity index (χ2n) is 4.16. The fourth-order valence-electron chi connectivity index (χ4n) is 1.72. The van der Waals surface area contributed by atoms with Crippen molar-refractivity contribution < 1.29 is 4.39 Å². The van der Waals surface area contributed by atoms with E-state index in [4.69, 9.17) is 0 Å². The minimum atomic E-state index is -0.151. The predicted octanol–water partition coefficient (Wildman–Crippen LogP) is 4.00. The van der Waals surface area contributed by atoms with E-state index in [1.54, 1.807) is 17.8 Å². The molecule has 0 aromatic heterocycles. The molecule has 0 saturated heterocycles. The topological polar surface area (TPSA) is 12.0 Å². The first-order valence-corrected chi connectivity index (χ1v) is 6.69. The minimum absolute atomic E-state index is 0.151. The van der Waals surface area contributed by atoms with Gasteiger partial charge in [0.2, 0.25) is 0 Å². The summed E-state index contributed by atoms with van der Waals surface area (Å²) in [5.41, 5.74) is 1.96. The van der Waals surface area contributed by atoms with Gasteiger partial charge in [-0.05, 0) is 38.2 Å². The van der Waals surface area contributed by atoms with Gasteiger partial charge in [0.05, 0.1) is 0 Å². The lowest BCUT2D eigenvalue weighted by molar-refractivity contribution is 0.594. The molecule has 0 radical (unpaired) electrons. The molecule has 0 heterocycles. The van der Waals surface area contributed by atoms with Crippen molar-refractivity contribution in [2.24, 2.45) is 0 Å². The number of hydrogen-bond acceptors (Lipinski definition) is 2. The maximum absolute atomic E-state index is 13.8. The summed E-state index contributed by atoms with van der Waals surface area (Å²) in [4.78, 5) is 2.09. The lowest BCUT2D eigenvalue weighted by atomic mass is 10.2. The van der Waals surface area contributed by atoms with Crippen LogP contribution in [0.25, 0.3) is 0 Å². The van der Waals surface area contributed by atoms with Gasteiger partial charge in [0.1, 0.15) is 5.82 Å². The summed E-state index contributed by atoms with van der Waals surface area (Å²) in [6, 6.07) is 13.5. The van der Waals surface area contributed by atoms with Crippen molar-refractivity contribution in [3.8, 4) is 0 Å². The molecule has 94 valence electrons. The highest BCUT2D eigenvalue weighted by Gasteiger charge is 2.08. The van der Waals surface area contributed by atoms with Crippen LogP contribution in [0, 0.1) is 12.7 Å².